The Morgan fingerprint density at radius 1 is 1.58 bits per heavy atom. The Labute approximate surface area is 114 Å². The van der Waals surface area contributed by atoms with Gasteiger partial charge in [0.05, 0.1) is 12.5 Å². The number of amides is 1. The van der Waals surface area contributed by atoms with Gasteiger partial charge in [0.25, 0.3) is 5.91 Å². The molecule has 0 spiro atoms. The number of rotatable bonds is 3. The first-order valence-electron chi connectivity index (χ1n) is 5.72. The van der Waals surface area contributed by atoms with Gasteiger partial charge in [-0.3, -0.25) is 4.79 Å². The highest BCUT2D eigenvalue weighted by Crippen LogP contribution is 2.31. The van der Waals surface area contributed by atoms with Gasteiger partial charge in [-0.15, -0.1) is 11.8 Å². The van der Waals surface area contributed by atoms with E-state index in [9.17, 15) is 9.59 Å². The zero-order chi connectivity index (χ0) is 14.0. The van der Waals surface area contributed by atoms with Crippen LogP contribution in [-0.4, -0.2) is 51.1 Å². The van der Waals surface area contributed by atoms with Gasteiger partial charge in [0.15, 0.2) is 0 Å². The molecule has 1 amide bonds. The van der Waals surface area contributed by atoms with Gasteiger partial charge >= 0.3 is 5.97 Å². The van der Waals surface area contributed by atoms with E-state index < -0.39 is 12.0 Å². The average Bonchev–Trinajstić information content (AvgIpc) is 2.80. The standard InChI is InChI=1S/C12H14N2O4S/c1-7-14(9(6-19-7)12(16)17)11(15)8-4-3-5-13-10(8)18-2/h3-5,7,9H,6H2,1-2H3,(H,16,17). The smallest absolute Gasteiger partial charge is 0.327 e. The highest BCUT2D eigenvalue weighted by molar-refractivity contribution is 8.00. The molecule has 19 heavy (non-hydrogen) atoms. The first-order chi connectivity index (χ1) is 9.06. The van der Waals surface area contributed by atoms with Crippen LogP contribution in [0.1, 0.15) is 17.3 Å². The number of methoxy groups -OCH3 is 1. The molecule has 102 valence electrons. The van der Waals surface area contributed by atoms with Gasteiger partial charge in [-0.25, -0.2) is 9.78 Å². The molecule has 2 atom stereocenters. The summed E-state index contributed by atoms with van der Waals surface area (Å²) in [5, 5.41) is 8.99. The molecule has 1 aromatic heterocycles. The number of carboxylic acid groups (broad SMARTS) is 1. The number of nitrogens with zero attached hydrogens (tertiary/aromatic N) is 2. The summed E-state index contributed by atoms with van der Waals surface area (Å²) in [7, 11) is 1.43. The maximum absolute atomic E-state index is 12.5. The van der Waals surface area contributed by atoms with E-state index in [0.717, 1.165) is 0 Å². The fourth-order valence-electron chi connectivity index (χ4n) is 2.00. The van der Waals surface area contributed by atoms with Gasteiger partial charge in [0.1, 0.15) is 11.6 Å². The minimum absolute atomic E-state index is 0.182. The average molecular weight is 282 g/mol. The quantitative estimate of drug-likeness (QED) is 0.893. The summed E-state index contributed by atoms with van der Waals surface area (Å²) in [6, 6.07) is 2.40. The van der Waals surface area contributed by atoms with Gasteiger partial charge in [-0.2, -0.15) is 0 Å². The lowest BCUT2D eigenvalue weighted by Crippen LogP contribution is -2.44. The van der Waals surface area contributed by atoms with Crippen molar-refractivity contribution in [1.82, 2.24) is 9.88 Å². The van der Waals surface area contributed by atoms with E-state index in [1.54, 1.807) is 12.1 Å². The van der Waals surface area contributed by atoms with Crippen LogP contribution in [-0.2, 0) is 4.79 Å². The zero-order valence-corrected chi connectivity index (χ0v) is 11.4. The molecule has 0 aliphatic carbocycles. The van der Waals surface area contributed by atoms with Gasteiger partial charge in [0, 0.05) is 11.9 Å². The molecule has 7 heteroatoms. The molecule has 1 N–H and O–H groups in total. The number of hydrogen-bond donors (Lipinski definition) is 1. The fourth-order valence-corrected chi connectivity index (χ4v) is 3.16. The number of ether oxygens (including phenoxy) is 1. The second-order valence-corrected chi connectivity index (χ2v) is 5.41. The molecule has 1 aromatic rings. The molecule has 1 aliphatic heterocycles. The van der Waals surface area contributed by atoms with E-state index in [4.69, 9.17) is 9.84 Å². The van der Waals surface area contributed by atoms with Crippen LogP contribution >= 0.6 is 11.8 Å². The number of pyridine rings is 1. The second-order valence-electron chi connectivity index (χ2n) is 4.06. The number of carbonyl (C=O) groups excluding carboxylic acids is 1. The molecule has 2 heterocycles. The SMILES string of the molecule is COc1ncccc1C(=O)N1C(C)SCC1C(=O)O. The molecule has 1 aliphatic rings. The maximum atomic E-state index is 12.5. The third kappa shape index (κ3) is 2.51. The molecule has 0 aromatic carbocycles. The normalized spacial score (nSPS) is 22.3. The molecule has 0 saturated carbocycles. The predicted molar refractivity (Wildman–Crippen MR) is 70.3 cm³/mol. The third-order valence-electron chi connectivity index (χ3n) is 2.94. The zero-order valence-electron chi connectivity index (χ0n) is 10.6. The van der Waals surface area contributed by atoms with Gasteiger partial charge < -0.3 is 14.7 Å². The Morgan fingerprint density at radius 2 is 2.32 bits per heavy atom. The van der Waals surface area contributed by atoms with Crippen molar-refractivity contribution in [2.75, 3.05) is 12.9 Å². The Bertz CT molecular complexity index is 508. The second kappa shape index (κ2) is 5.48. The lowest BCUT2D eigenvalue weighted by Gasteiger charge is -2.25. The van der Waals surface area contributed by atoms with Crippen molar-refractivity contribution in [2.45, 2.75) is 18.3 Å². The van der Waals surface area contributed by atoms with E-state index in [1.165, 1.54) is 30.0 Å². The highest BCUT2D eigenvalue weighted by Gasteiger charge is 2.40. The summed E-state index contributed by atoms with van der Waals surface area (Å²) in [4.78, 5) is 29.0. The van der Waals surface area contributed by atoms with Crippen LogP contribution in [0.25, 0.3) is 0 Å². The van der Waals surface area contributed by atoms with Gasteiger partial charge in [-0.05, 0) is 19.1 Å². The van der Waals surface area contributed by atoms with Crippen molar-refractivity contribution in [3.05, 3.63) is 23.9 Å². The Balaban J connectivity index is 2.34. The molecule has 0 radical (unpaired) electrons. The number of aromatic nitrogens is 1. The summed E-state index contributed by atoms with van der Waals surface area (Å²) >= 11 is 1.44. The van der Waals surface area contributed by atoms with Crippen molar-refractivity contribution in [2.24, 2.45) is 0 Å². The number of thioether (sulfide) groups is 1. The summed E-state index contributed by atoms with van der Waals surface area (Å²) in [5.41, 5.74) is 0.283. The summed E-state index contributed by atoms with van der Waals surface area (Å²) in [5.74, 6) is -0.756. The molecule has 6 nitrogen and oxygen atoms in total. The minimum Gasteiger partial charge on any atom is -0.480 e. The van der Waals surface area contributed by atoms with Gasteiger partial charge in [0.2, 0.25) is 5.88 Å². The molecule has 2 rings (SSSR count). The maximum Gasteiger partial charge on any atom is 0.327 e. The molecule has 0 bridgehead atoms. The van der Waals surface area contributed by atoms with Crippen LogP contribution in [0.15, 0.2) is 18.3 Å². The predicted octanol–water partition coefficient (Wildman–Crippen LogP) is 1.08. The van der Waals surface area contributed by atoms with E-state index in [0.29, 0.717) is 5.75 Å². The Morgan fingerprint density at radius 3 is 2.95 bits per heavy atom. The highest BCUT2D eigenvalue weighted by atomic mass is 32.2. The Hall–Kier alpha value is -1.76. The van der Waals surface area contributed by atoms with E-state index >= 15 is 0 Å². The van der Waals surface area contributed by atoms with Crippen LogP contribution in [0.2, 0.25) is 0 Å². The molecule has 1 saturated heterocycles. The van der Waals surface area contributed by atoms with Crippen LogP contribution < -0.4 is 4.74 Å². The molecule has 1 fully saturated rings. The summed E-state index contributed by atoms with van der Waals surface area (Å²) in [6.45, 7) is 1.81. The van der Waals surface area contributed by atoms with Crippen LogP contribution in [0, 0.1) is 0 Å². The summed E-state index contributed by atoms with van der Waals surface area (Å²) in [6.07, 6.45) is 1.52. The van der Waals surface area contributed by atoms with Crippen molar-refractivity contribution >= 4 is 23.6 Å². The lowest BCUT2D eigenvalue weighted by atomic mass is 10.2. The largest absolute Gasteiger partial charge is 0.480 e. The van der Waals surface area contributed by atoms with E-state index in [2.05, 4.69) is 4.98 Å². The number of carboxylic acids is 1. The molecular weight excluding hydrogens is 268 g/mol. The number of carbonyl (C=O) groups is 2. The lowest BCUT2D eigenvalue weighted by molar-refractivity contribution is -0.141. The molecular formula is C12H14N2O4S. The van der Waals surface area contributed by atoms with Crippen molar-refractivity contribution in [1.29, 1.82) is 0 Å². The fraction of sp³-hybridized carbons (Fsp3) is 0.417. The Kier molecular flexibility index (Phi) is 3.94. The first-order valence-corrected chi connectivity index (χ1v) is 6.77. The van der Waals surface area contributed by atoms with Crippen LogP contribution in [0.4, 0.5) is 0 Å². The van der Waals surface area contributed by atoms with E-state index in [1.807, 2.05) is 6.92 Å². The summed E-state index contributed by atoms with van der Waals surface area (Å²) < 4.78 is 5.04. The third-order valence-corrected chi connectivity index (χ3v) is 4.16. The monoisotopic (exact) mass is 282 g/mol. The first kappa shape index (κ1) is 13.7. The van der Waals surface area contributed by atoms with Gasteiger partial charge in [-0.1, -0.05) is 0 Å². The van der Waals surface area contributed by atoms with Crippen molar-refractivity contribution < 1.29 is 19.4 Å². The topological polar surface area (TPSA) is 79.7 Å². The van der Waals surface area contributed by atoms with E-state index in [-0.39, 0.29) is 22.7 Å². The minimum atomic E-state index is -0.993. The van der Waals surface area contributed by atoms with Crippen molar-refractivity contribution in [3.8, 4) is 5.88 Å². The van der Waals surface area contributed by atoms with Crippen LogP contribution in [0.5, 0.6) is 5.88 Å². The molecule has 2 unspecified atom stereocenters. The number of hydrogen-bond acceptors (Lipinski definition) is 5. The van der Waals surface area contributed by atoms with Crippen LogP contribution in [0.3, 0.4) is 0 Å². The van der Waals surface area contributed by atoms with Crippen molar-refractivity contribution in [3.63, 3.8) is 0 Å². The number of aliphatic carboxylic acids is 1.